The van der Waals surface area contributed by atoms with Crippen molar-refractivity contribution in [2.75, 3.05) is 26.2 Å². The Morgan fingerprint density at radius 1 is 1.29 bits per heavy atom. The molecular weight excluding hydrogens is 282 g/mol. The molecule has 94 valence electrons. The van der Waals surface area contributed by atoms with Crippen molar-refractivity contribution in [3.8, 4) is 5.75 Å². The van der Waals surface area contributed by atoms with E-state index in [-0.39, 0.29) is 0 Å². The van der Waals surface area contributed by atoms with E-state index in [4.69, 9.17) is 4.74 Å². The Labute approximate surface area is 111 Å². The van der Waals surface area contributed by atoms with Crippen molar-refractivity contribution in [3.05, 3.63) is 28.7 Å². The van der Waals surface area contributed by atoms with Gasteiger partial charge in [0.05, 0.1) is 4.47 Å². The molecule has 0 amide bonds. The molecule has 0 radical (unpaired) electrons. The molecule has 0 saturated carbocycles. The van der Waals surface area contributed by atoms with Gasteiger partial charge in [-0.1, -0.05) is 12.1 Å². The Bertz CT molecular complexity index is 353. The van der Waals surface area contributed by atoms with Crippen LogP contribution in [0.5, 0.6) is 5.75 Å². The summed E-state index contributed by atoms with van der Waals surface area (Å²) in [5, 5.41) is 9.88. The summed E-state index contributed by atoms with van der Waals surface area (Å²) in [4.78, 5) is 2.29. The second-order valence-corrected chi connectivity index (χ2v) is 5.26. The fourth-order valence-corrected chi connectivity index (χ4v) is 2.46. The summed E-state index contributed by atoms with van der Waals surface area (Å²) < 4.78 is 6.51. The van der Waals surface area contributed by atoms with Gasteiger partial charge >= 0.3 is 0 Å². The van der Waals surface area contributed by atoms with Gasteiger partial charge in [0.2, 0.25) is 0 Å². The molecule has 1 saturated heterocycles. The van der Waals surface area contributed by atoms with Crippen LogP contribution in [0.3, 0.4) is 0 Å². The number of β-amino-alcohol motifs (C(OH)–C–C–N with tert-alkyl or cyclic N) is 1. The topological polar surface area (TPSA) is 32.7 Å². The van der Waals surface area contributed by atoms with Gasteiger partial charge in [-0.15, -0.1) is 0 Å². The van der Waals surface area contributed by atoms with E-state index in [1.54, 1.807) is 0 Å². The highest BCUT2D eigenvalue weighted by Crippen LogP contribution is 2.23. The van der Waals surface area contributed by atoms with Gasteiger partial charge in [-0.2, -0.15) is 0 Å². The maximum absolute atomic E-state index is 9.88. The highest BCUT2D eigenvalue weighted by molar-refractivity contribution is 9.10. The molecule has 1 aromatic carbocycles. The molecule has 4 heteroatoms. The van der Waals surface area contributed by atoms with Crippen LogP contribution >= 0.6 is 15.9 Å². The van der Waals surface area contributed by atoms with Crippen molar-refractivity contribution < 1.29 is 9.84 Å². The smallest absolute Gasteiger partial charge is 0.133 e. The number of benzene rings is 1. The third-order valence-electron chi connectivity index (χ3n) is 2.94. The maximum Gasteiger partial charge on any atom is 0.133 e. The average Bonchev–Trinajstić information content (AvgIpc) is 2.81. The number of likely N-dealkylation sites (tertiary alicyclic amines) is 1. The second kappa shape index (κ2) is 6.38. The number of hydrogen-bond donors (Lipinski definition) is 1. The Balaban J connectivity index is 1.75. The van der Waals surface area contributed by atoms with Crippen LogP contribution in [-0.2, 0) is 0 Å². The predicted molar refractivity (Wildman–Crippen MR) is 71.3 cm³/mol. The maximum atomic E-state index is 9.88. The van der Waals surface area contributed by atoms with Crippen LogP contribution in [0.2, 0.25) is 0 Å². The van der Waals surface area contributed by atoms with Gasteiger partial charge in [-0.3, -0.25) is 0 Å². The summed E-state index contributed by atoms with van der Waals surface area (Å²) in [6.07, 6.45) is 2.08. The van der Waals surface area contributed by atoms with E-state index < -0.39 is 6.10 Å². The lowest BCUT2D eigenvalue weighted by molar-refractivity contribution is 0.0755. The zero-order chi connectivity index (χ0) is 12.1. The Morgan fingerprint density at radius 2 is 2.00 bits per heavy atom. The number of aliphatic hydroxyl groups excluding tert-OH is 1. The lowest BCUT2D eigenvalue weighted by atomic mass is 10.3. The highest BCUT2D eigenvalue weighted by atomic mass is 79.9. The molecule has 17 heavy (non-hydrogen) atoms. The van der Waals surface area contributed by atoms with Gasteiger partial charge in [-0.05, 0) is 54.0 Å². The third kappa shape index (κ3) is 3.98. The van der Waals surface area contributed by atoms with E-state index >= 15 is 0 Å². The van der Waals surface area contributed by atoms with Crippen LogP contribution in [0.4, 0.5) is 0 Å². The summed E-state index contributed by atoms with van der Waals surface area (Å²) in [5.74, 6) is 0.785. The van der Waals surface area contributed by atoms with E-state index in [2.05, 4.69) is 20.8 Å². The first-order valence-electron chi connectivity index (χ1n) is 6.03. The molecule has 1 N–H and O–H groups in total. The molecule has 0 spiro atoms. The molecule has 2 rings (SSSR count). The first-order chi connectivity index (χ1) is 8.25. The molecular formula is C13H18BrNO2. The van der Waals surface area contributed by atoms with Crippen molar-refractivity contribution in [3.63, 3.8) is 0 Å². The van der Waals surface area contributed by atoms with E-state index in [0.717, 1.165) is 23.3 Å². The molecule has 1 atom stereocenters. The summed E-state index contributed by atoms with van der Waals surface area (Å²) in [7, 11) is 0. The second-order valence-electron chi connectivity index (χ2n) is 4.40. The summed E-state index contributed by atoms with van der Waals surface area (Å²) in [5.41, 5.74) is 0. The van der Waals surface area contributed by atoms with Crippen molar-refractivity contribution >= 4 is 15.9 Å². The van der Waals surface area contributed by atoms with Crippen LogP contribution in [-0.4, -0.2) is 42.4 Å². The number of hydrogen-bond acceptors (Lipinski definition) is 3. The molecule has 1 aromatic rings. The van der Waals surface area contributed by atoms with Gasteiger partial charge in [-0.25, -0.2) is 0 Å². The largest absolute Gasteiger partial charge is 0.490 e. The van der Waals surface area contributed by atoms with Crippen LogP contribution in [0.15, 0.2) is 28.7 Å². The Kier molecular flexibility index (Phi) is 4.83. The number of nitrogens with zero attached hydrogens (tertiary/aromatic N) is 1. The standard InChI is InChI=1S/C13H18BrNO2/c14-12-5-1-2-6-13(12)17-10-11(16)9-15-7-3-4-8-15/h1-2,5-6,11,16H,3-4,7-10H2/t11-/m1/s1. The number of para-hydroxylation sites is 1. The lowest BCUT2D eigenvalue weighted by Crippen LogP contribution is -2.33. The highest BCUT2D eigenvalue weighted by Gasteiger charge is 2.16. The Hall–Kier alpha value is -0.580. The van der Waals surface area contributed by atoms with Gasteiger partial charge in [0.15, 0.2) is 0 Å². The average molecular weight is 300 g/mol. The van der Waals surface area contributed by atoms with E-state index in [9.17, 15) is 5.11 Å². The SMILES string of the molecule is O[C@@H](COc1ccccc1Br)CN1CCCC1. The van der Waals surface area contributed by atoms with Gasteiger partial charge in [0, 0.05) is 6.54 Å². The Morgan fingerprint density at radius 3 is 2.71 bits per heavy atom. The summed E-state index contributed by atoms with van der Waals surface area (Å²) in [6, 6.07) is 7.69. The fraction of sp³-hybridized carbons (Fsp3) is 0.538. The molecule has 0 aromatic heterocycles. The first kappa shape index (κ1) is 12.9. The quantitative estimate of drug-likeness (QED) is 0.905. The fourth-order valence-electron chi connectivity index (χ4n) is 2.06. The van der Waals surface area contributed by atoms with E-state index in [0.29, 0.717) is 13.2 Å². The van der Waals surface area contributed by atoms with E-state index in [1.807, 2.05) is 24.3 Å². The van der Waals surface area contributed by atoms with Crippen molar-refractivity contribution in [1.82, 2.24) is 4.90 Å². The predicted octanol–water partition coefficient (Wildman–Crippen LogP) is 2.28. The molecule has 0 aliphatic carbocycles. The van der Waals surface area contributed by atoms with Crippen LogP contribution in [0, 0.1) is 0 Å². The summed E-state index contributed by atoms with van der Waals surface area (Å²) in [6.45, 7) is 3.27. The molecule has 0 unspecified atom stereocenters. The van der Waals surface area contributed by atoms with Crippen molar-refractivity contribution in [2.24, 2.45) is 0 Å². The first-order valence-corrected chi connectivity index (χ1v) is 6.83. The van der Waals surface area contributed by atoms with Crippen molar-refractivity contribution in [1.29, 1.82) is 0 Å². The normalized spacial score (nSPS) is 18.2. The zero-order valence-electron chi connectivity index (χ0n) is 9.81. The van der Waals surface area contributed by atoms with Gasteiger partial charge in [0.25, 0.3) is 0 Å². The summed E-state index contributed by atoms with van der Waals surface area (Å²) >= 11 is 3.42. The monoisotopic (exact) mass is 299 g/mol. The number of rotatable bonds is 5. The van der Waals surface area contributed by atoms with Crippen LogP contribution < -0.4 is 4.74 Å². The van der Waals surface area contributed by atoms with E-state index in [1.165, 1.54) is 12.8 Å². The minimum atomic E-state index is -0.416. The lowest BCUT2D eigenvalue weighted by Gasteiger charge is -2.19. The molecule has 1 heterocycles. The van der Waals surface area contributed by atoms with Crippen LogP contribution in [0.1, 0.15) is 12.8 Å². The van der Waals surface area contributed by atoms with Crippen molar-refractivity contribution in [2.45, 2.75) is 18.9 Å². The molecule has 3 nitrogen and oxygen atoms in total. The molecule has 0 bridgehead atoms. The number of aliphatic hydroxyl groups is 1. The van der Waals surface area contributed by atoms with Crippen LogP contribution in [0.25, 0.3) is 0 Å². The molecule has 1 aliphatic heterocycles. The molecule has 1 aliphatic rings. The number of halogens is 1. The zero-order valence-corrected chi connectivity index (χ0v) is 11.4. The minimum absolute atomic E-state index is 0.346. The van der Waals surface area contributed by atoms with Gasteiger partial charge in [0.1, 0.15) is 18.5 Å². The van der Waals surface area contributed by atoms with Gasteiger partial charge < -0.3 is 14.7 Å². The minimum Gasteiger partial charge on any atom is -0.490 e. The molecule has 1 fully saturated rings. The third-order valence-corrected chi connectivity index (χ3v) is 3.59. The number of ether oxygens (including phenoxy) is 1.